The fourth-order valence-corrected chi connectivity index (χ4v) is 7.98. The second-order valence-corrected chi connectivity index (χ2v) is 16.8. The van der Waals surface area contributed by atoms with Crippen LogP contribution in [0.4, 0.5) is 52.7 Å². The zero-order chi connectivity index (χ0) is 53.7. The minimum absolute atomic E-state index is 0. The third kappa shape index (κ3) is 14.3. The van der Waals surface area contributed by atoms with Crippen molar-refractivity contribution in [1.82, 2.24) is 0 Å². The van der Waals surface area contributed by atoms with Crippen molar-refractivity contribution in [3.05, 3.63) is 178 Å². The molecule has 2 heterocycles. The number of halogens is 12. The first-order valence-electron chi connectivity index (χ1n) is 21.8. The van der Waals surface area contributed by atoms with Gasteiger partial charge < -0.3 is 48.2 Å². The average molecular weight is 1090 g/mol. The predicted molar refractivity (Wildman–Crippen MR) is 238 cm³/mol. The number of aliphatic carboxylic acids is 2. The molecule has 10 nitrogen and oxygen atoms in total. The Bertz CT molecular complexity index is 2670. The molecule has 0 atom stereocenters. The molecule has 0 spiro atoms. The van der Waals surface area contributed by atoms with Gasteiger partial charge >= 0.3 is 62.4 Å². The Hall–Kier alpha value is -5.88. The fraction of sp³-hybridized carbons (Fsp3) is 0.269. The fourth-order valence-electron chi connectivity index (χ4n) is 7.98. The van der Waals surface area contributed by atoms with Gasteiger partial charge in [0.15, 0.2) is 0 Å². The Morgan fingerprint density at radius 2 is 0.747 bits per heavy atom. The Morgan fingerprint density at radius 1 is 0.453 bits per heavy atom. The van der Waals surface area contributed by atoms with Crippen LogP contribution in [-0.2, 0) is 77.7 Å². The Labute approximate surface area is 448 Å². The molecule has 2 aliphatic rings. The van der Waals surface area contributed by atoms with E-state index in [1.165, 1.54) is 48.5 Å². The molecule has 0 radical (unpaired) electrons. The number of carboxylic acid groups (broad SMARTS) is 2. The van der Waals surface area contributed by atoms with Crippen molar-refractivity contribution in [2.24, 2.45) is 0 Å². The second-order valence-electron chi connectivity index (χ2n) is 16.8. The van der Waals surface area contributed by atoms with Gasteiger partial charge in [0.1, 0.15) is 35.9 Å². The van der Waals surface area contributed by atoms with Gasteiger partial charge in [0.2, 0.25) is 0 Å². The van der Waals surface area contributed by atoms with Crippen LogP contribution >= 0.6 is 0 Å². The van der Waals surface area contributed by atoms with E-state index in [9.17, 15) is 72.5 Å². The standard InChI is InChI=1S/2C26H20F6O5.Ca/c2*27-25(28,29)20-5-2-6-21(26(30,31)32)23(20)17-4-1-3-16(11-17)12-36-19-9-7-18(8-10-19)24(14-35-15-24)37-13-22(33)34;/h2*1-11H,12-15H2,(H,33,34);/q;;+2/p-2. The number of carbonyl (C=O) groups excluding carboxylic acids is 2. The van der Waals surface area contributed by atoms with Gasteiger partial charge in [-0.05, 0) is 94.0 Å². The Morgan fingerprint density at radius 3 is 1.00 bits per heavy atom. The van der Waals surface area contributed by atoms with Crippen LogP contribution in [0.2, 0.25) is 0 Å². The zero-order valence-corrected chi connectivity index (χ0v) is 40.9. The molecule has 6 aromatic carbocycles. The molecule has 23 heteroatoms. The minimum Gasteiger partial charge on any atom is -0.548 e. The van der Waals surface area contributed by atoms with E-state index in [1.54, 1.807) is 48.5 Å². The van der Waals surface area contributed by atoms with Crippen LogP contribution in [0.1, 0.15) is 44.5 Å². The monoisotopic (exact) mass is 1090 g/mol. The first-order chi connectivity index (χ1) is 34.8. The largest absolute Gasteiger partial charge is 2.00 e. The summed E-state index contributed by atoms with van der Waals surface area (Å²) in [6.07, 6.45) is -20.0. The topological polar surface area (TPSA) is 136 Å². The van der Waals surface area contributed by atoms with E-state index in [0.29, 0.717) is 58.0 Å². The van der Waals surface area contributed by atoms with Crippen molar-refractivity contribution >= 4 is 49.7 Å². The van der Waals surface area contributed by atoms with Gasteiger partial charge in [0.25, 0.3) is 0 Å². The van der Waals surface area contributed by atoms with Crippen molar-refractivity contribution in [3.8, 4) is 33.8 Å². The first-order valence-corrected chi connectivity index (χ1v) is 21.8. The van der Waals surface area contributed by atoms with Crippen molar-refractivity contribution in [2.45, 2.75) is 49.1 Å². The van der Waals surface area contributed by atoms with Gasteiger partial charge in [-0.3, -0.25) is 0 Å². The quantitative estimate of drug-likeness (QED) is 0.0682. The number of rotatable bonds is 16. The zero-order valence-electron chi connectivity index (χ0n) is 38.7. The average Bonchev–Trinajstić information content (AvgIpc) is 3.31. The number of ether oxygens (including phenoxy) is 6. The summed E-state index contributed by atoms with van der Waals surface area (Å²) >= 11 is 0. The van der Waals surface area contributed by atoms with Crippen molar-refractivity contribution in [1.29, 1.82) is 0 Å². The summed E-state index contributed by atoms with van der Waals surface area (Å²) in [6, 6.07) is 27.5. The van der Waals surface area contributed by atoms with E-state index in [0.717, 1.165) is 12.1 Å². The SMILES string of the molecule is O=C([O-])COC1(c2ccc(OCc3cccc(-c4c(C(F)(F)F)cccc4C(F)(F)F)c3)cc2)COC1.O=C([O-])COC1(c2ccc(OCc3cccc(-c4c(C(F)(F)F)cccc4C(F)(F)F)c3)cc2)COC1.[Ca+2]. The van der Waals surface area contributed by atoms with Gasteiger partial charge in [-0.1, -0.05) is 72.8 Å². The normalized spacial score (nSPS) is 15.0. The number of carboxylic acids is 2. The van der Waals surface area contributed by atoms with Gasteiger partial charge in [0, 0.05) is 11.1 Å². The number of carbonyl (C=O) groups is 2. The molecule has 2 fully saturated rings. The van der Waals surface area contributed by atoms with E-state index >= 15 is 0 Å². The summed E-state index contributed by atoms with van der Waals surface area (Å²) in [5, 5.41) is 21.5. The maximum atomic E-state index is 13.6. The van der Waals surface area contributed by atoms with Crippen molar-refractivity contribution in [3.63, 3.8) is 0 Å². The molecule has 2 saturated heterocycles. The number of benzene rings is 6. The molecule has 0 aliphatic carbocycles. The first kappa shape index (κ1) is 58.4. The summed E-state index contributed by atoms with van der Waals surface area (Å²) in [6.45, 7) is -0.828. The van der Waals surface area contributed by atoms with Crippen LogP contribution < -0.4 is 19.7 Å². The third-order valence-electron chi connectivity index (χ3n) is 11.6. The van der Waals surface area contributed by atoms with Crippen LogP contribution in [0, 0.1) is 0 Å². The molecule has 75 heavy (non-hydrogen) atoms. The van der Waals surface area contributed by atoms with E-state index in [2.05, 4.69) is 0 Å². The summed E-state index contributed by atoms with van der Waals surface area (Å²) in [5.41, 5.74) is -7.74. The van der Waals surface area contributed by atoms with Crippen molar-refractivity contribution < 1.29 is 101 Å². The molecule has 6 aromatic rings. The Balaban J connectivity index is 0.000000241. The molecule has 2 aliphatic heterocycles. The third-order valence-corrected chi connectivity index (χ3v) is 11.6. The maximum Gasteiger partial charge on any atom is 2.00 e. The molecular formula is C52H38CaF12O10. The van der Waals surface area contributed by atoms with E-state index in [4.69, 9.17) is 28.4 Å². The minimum atomic E-state index is -4.99. The van der Waals surface area contributed by atoms with Gasteiger partial charge in [-0.2, -0.15) is 52.7 Å². The number of alkyl halides is 12. The second kappa shape index (κ2) is 23.6. The number of hydrogen-bond acceptors (Lipinski definition) is 10. The van der Waals surface area contributed by atoms with Crippen LogP contribution in [0.3, 0.4) is 0 Å². The van der Waals surface area contributed by atoms with Crippen LogP contribution in [-0.4, -0.2) is 89.3 Å². The summed E-state index contributed by atoms with van der Waals surface area (Å²) < 4.78 is 195. The predicted octanol–water partition coefficient (Wildman–Crippen LogP) is 9.54. The van der Waals surface area contributed by atoms with Gasteiger partial charge in [-0.15, -0.1) is 0 Å². The summed E-state index contributed by atoms with van der Waals surface area (Å²) in [5.74, 6) is -1.99. The smallest absolute Gasteiger partial charge is 0.548 e. The van der Waals surface area contributed by atoms with Gasteiger partial charge in [-0.25, -0.2) is 0 Å². The van der Waals surface area contributed by atoms with Crippen molar-refractivity contribution in [2.75, 3.05) is 39.6 Å². The molecule has 392 valence electrons. The molecule has 0 amide bonds. The van der Waals surface area contributed by atoms with Crippen LogP contribution in [0.15, 0.2) is 133 Å². The Kier molecular flexibility index (Phi) is 18.3. The van der Waals surface area contributed by atoms with E-state index in [1.807, 2.05) is 0 Å². The molecular weight excluding hydrogens is 1050 g/mol. The molecule has 0 N–H and O–H groups in total. The van der Waals surface area contributed by atoms with Gasteiger partial charge in [0.05, 0.1) is 73.8 Å². The summed E-state index contributed by atoms with van der Waals surface area (Å²) in [7, 11) is 0. The van der Waals surface area contributed by atoms with Crippen LogP contribution in [0.5, 0.6) is 11.5 Å². The van der Waals surface area contributed by atoms with Crippen LogP contribution in [0.25, 0.3) is 22.3 Å². The molecule has 8 rings (SSSR count). The number of hydrogen-bond donors (Lipinski definition) is 0. The molecule has 0 saturated carbocycles. The maximum absolute atomic E-state index is 13.6. The van der Waals surface area contributed by atoms with E-state index < -0.39 is 94.4 Å². The van der Waals surface area contributed by atoms with E-state index in [-0.39, 0.29) is 88.5 Å². The molecule has 0 aromatic heterocycles. The molecule has 0 bridgehead atoms. The summed E-state index contributed by atoms with van der Waals surface area (Å²) in [4.78, 5) is 21.5. The molecule has 0 unspecified atom stereocenters.